The molecule has 20 heavy (non-hydrogen) atoms. The standard InChI is InChI=1S/C15H20BrNO3/c1-3-8-17(9-10-18)15(19)7-5-12-4-6-14(20-2)13(16)11-12/h3-4,6,11,18H,1,5,7-10H2,2H3. The van der Waals surface area contributed by atoms with Crippen LogP contribution in [0.4, 0.5) is 0 Å². The van der Waals surface area contributed by atoms with Gasteiger partial charge in [0, 0.05) is 19.5 Å². The number of aliphatic hydroxyl groups is 1. The number of methoxy groups -OCH3 is 1. The average molecular weight is 342 g/mol. The lowest BCUT2D eigenvalue weighted by Crippen LogP contribution is -2.33. The third-order valence-electron chi connectivity index (χ3n) is 2.92. The maximum atomic E-state index is 12.0. The van der Waals surface area contributed by atoms with Crippen molar-refractivity contribution in [2.75, 3.05) is 26.8 Å². The molecular weight excluding hydrogens is 322 g/mol. The van der Waals surface area contributed by atoms with E-state index >= 15 is 0 Å². The Kier molecular flexibility index (Phi) is 7.33. The van der Waals surface area contributed by atoms with Crippen molar-refractivity contribution in [2.24, 2.45) is 0 Å². The number of nitrogens with zero attached hydrogens (tertiary/aromatic N) is 1. The molecule has 1 aromatic carbocycles. The van der Waals surface area contributed by atoms with Gasteiger partial charge in [0.25, 0.3) is 0 Å². The maximum absolute atomic E-state index is 12.0. The molecule has 0 saturated carbocycles. The van der Waals surface area contributed by atoms with Crippen molar-refractivity contribution in [1.29, 1.82) is 0 Å². The first-order chi connectivity index (χ1) is 9.62. The lowest BCUT2D eigenvalue weighted by atomic mass is 10.1. The van der Waals surface area contributed by atoms with Crippen LogP contribution in [-0.2, 0) is 11.2 Å². The molecule has 4 nitrogen and oxygen atoms in total. The van der Waals surface area contributed by atoms with Crippen LogP contribution in [0.25, 0.3) is 0 Å². The summed E-state index contributed by atoms with van der Waals surface area (Å²) in [5, 5.41) is 8.94. The molecule has 0 radical (unpaired) electrons. The first-order valence-corrected chi connectivity index (χ1v) is 7.23. The summed E-state index contributed by atoms with van der Waals surface area (Å²) in [5.41, 5.74) is 1.06. The van der Waals surface area contributed by atoms with E-state index in [1.165, 1.54) is 0 Å². The number of hydrogen-bond donors (Lipinski definition) is 1. The number of carbonyl (C=O) groups is 1. The highest BCUT2D eigenvalue weighted by Crippen LogP contribution is 2.26. The molecule has 1 rings (SSSR count). The minimum Gasteiger partial charge on any atom is -0.496 e. The molecule has 110 valence electrons. The van der Waals surface area contributed by atoms with Gasteiger partial charge in [-0.1, -0.05) is 12.1 Å². The summed E-state index contributed by atoms with van der Waals surface area (Å²) in [6.45, 7) is 4.39. The molecule has 0 fully saturated rings. The lowest BCUT2D eigenvalue weighted by Gasteiger charge is -2.20. The molecule has 1 amide bonds. The smallest absolute Gasteiger partial charge is 0.223 e. The number of aryl methyl sites for hydroxylation is 1. The summed E-state index contributed by atoms with van der Waals surface area (Å²) in [7, 11) is 1.62. The van der Waals surface area contributed by atoms with Gasteiger partial charge in [0.05, 0.1) is 18.2 Å². The third kappa shape index (κ3) is 4.98. The fourth-order valence-electron chi connectivity index (χ4n) is 1.87. The van der Waals surface area contributed by atoms with Crippen LogP contribution in [0.5, 0.6) is 5.75 Å². The molecule has 0 heterocycles. The molecule has 0 aromatic heterocycles. The normalized spacial score (nSPS) is 10.2. The van der Waals surface area contributed by atoms with Crippen LogP contribution in [-0.4, -0.2) is 42.7 Å². The molecule has 0 aliphatic heterocycles. The summed E-state index contributed by atoms with van der Waals surface area (Å²) < 4.78 is 6.04. The molecule has 5 heteroatoms. The van der Waals surface area contributed by atoms with Crippen molar-refractivity contribution in [2.45, 2.75) is 12.8 Å². The van der Waals surface area contributed by atoms with Crippen molar-refractivity contribution in [3.63, 3.8) is 0 Å². The Balaban J connectivity index is 2.59. The van der Waals surface area contributed by atoms with Gasteiger partial charge in [0.15, 0.2) is 0 Å². The van der Waals surface area contributed by atoms with Crippen molar-refractivity contribution in [1.82, 2.24) is 4.90 Å². The van der Waals surface area contributed by atoms with E-state index in [0.717, 1.165) is 15.8 Å². The molecule has 1 N–H and O–H groups in total. The predicted octanol–water partition coefficient (Wildman–Crippen LogP) is 2.40. The van der Waals surface area contributed by atoms with Crippen LogP contribution in [0, 0.1) is 0 Å². The summed E-state index contributed by atoms with van der Waals surface area (Å²) in [5.74, 6) is 0.791. The molecule has 0 aliphatic carbocycles. The van der Waals surface area contributed by atoms with Gasteiger partial charge < -0.3 is 14.7 Å². The Hall–Kier alpha value is -1.33. The monoisotopic (exact) mass is 341 g/mol. The van der Waals surface area contributed by atoms with Gasteiger partial charge in [-0.2, -0.15) is 0 Å². The maximum Gasteiger partial charge on any atom is 0.223 e. The molecule has 0 bridgehead atoms. The second kappa shape index (κ2) is 8.76. The van der Waals surface area contributed by atoms with Gasteiger partial charge in [0.1, 0.15) is 5.75 Å². The van der Waals surface area contributed by atoms with Gasteiger partial charge >= 0.3 is 0 Å². The Morgan fingerprint density at radius 3 is 2.85 bits per heavy atom. The SMILES string of the molecule is C=CCN(CCO)C(=O)CCc1ccc(OC)c(Br)c1. The fourth-order valence-corrected chi connectivity index (χ4v) is 2.46. The van der Waals surface area contributed by atoms with Crippen LogP contribution in [0.2, 0.25) is 0 Å². The number of benzene rings is 1. The molecule has 0 spiro atoms. The van der Waals surface area contributed by atoms with Crippen LogP contribution >= 0.6 is 15.9 Å². The van der Waals surface area contributed by atoms with E-state index in [1.807, 2.05) is 18.2 Å². The van der Waals surface area contributed by atoms with E-state index in [1.54, 1.807) is 18.1 Å². The Morgan fingerprint density at radius 2 is 2.30 bits per heavy atom. The van der Waals surface area contributed by atoms with Crippen molar-refractivity contribution < 1.29 is 14.6 Å². The topological polar surface area (TPSA) is 49.8 Å². The minimum atomic E-state index is -0.0341. The molecule has 1 aromatic rings. The van der Waals surface area contributed by atoms with Gasteiger partial charge in [0.2, 0.25) is 5.91 Å². The van der Waals surface area contributed by atoms with Crippen LogP contribution in [0.15, 0.2) is 35.3 Å². The molecule has 0 saturated heterocycles. The number of amides is 1. The van der Waals surface area contributed by atoms with Gasteiger partial charge in [-0.25, -0.2) is 0 Å². The first-order valence-electron chi connectivity index (χ1n) is 6.44. The van der Waals surface area contributed by atoms with Crippen LogP contribution in [0.1, 0.15) is 12.0 Å². The summed E-state index contributed by atoms with van der Waals surface area (Å²) in [6, 6.07) is 5.77. The quantitative estimate of drug-likeness (QED) is 0.738. The van der Waals surface area contributed by atoms with Crippen LogP contribution < -0.4 is 4.74 Å². The van der Waals surface area contributed by atoms with E-state index in [4.69, 9.17) is 9.84 Å². The molecular formula is C15H20BrNO3. The molecule has 0 unspecified atom stereocenters. The van der Waals surface area contributed by atoms with Gasteiger partial charge in [-0.3, -0.25) is 4.79 Å². The number of carbonyl (C=O) groups excluding carboxylic acids is 1. The zero-order valence-electron chi connectivity index (χ0n) is 11.6. The zero-order valence-corrected chi connectivity index (χ0v) is 13.2. The van der Waals surface area contributed by atoms with Gasteiger partial charge in [-0.15, -0.1) is 6.58 Å². The lowest BCUT2D eigenvalue weighted by molar-refractivity contribution is -0.131. The Morgan fingerprint density at radius 1 is 1.55 bits per heavy atom. The molecule has 0 atom stereocenters. The van der Waals surface area contributed by atoms with Crippen molar-refractivity contribution >= 4 is 21.8 Å². The number of halogens is 1. The number of hydrogen-bond acceptors (Lipinski definition) is 3. The van der Waals surface area contributed by atoms with E-state index in [0.29, 0.717) is 25.9 Å². The largest absolute Gasteiger partial charge is 0.496 e. The second-order valence-electron chi connectivity index (χ2n) is 4.32. The first kappa shape index (κ1) is 16.7. The average Bonchev–Trinajstić information content (AvgIpc) is 2.44. The number of rotatable bonds is 8. The van der Waals surface area contributed by atoms with E-state index in [2.05, 4.69) is 22.5 Å². The zero-order chi connectivity index (χ0) is 15.0. The van der Waals surface area contributed by atoms with E-state index < -0.39 is 0 Å². The third-order valence-corrected chi connectivity index (χ3v) is 3.54. The van der Waals surface area contributed by atoms with E-state index in [-0.39, 0.29) is 12.5 Å². The highest BCUT2D eigenvalue weighted by Gasteiger charge is 2.11. The number of aliphatic hydroxyl groups excluding tert-OH is 1. The summed E-state index contributed by atoms with van der Waals surface area (Å²) in [4.78, 5) is 13.6. The van der Waals surface area contributed by atoms with Crippen molar-refractivity contribution in [3.8, 4) is 5.75 Å². The second-order valence-corrected chi connectivity index (χ2v) is 5.18. The predicted molar refractivity (Wildman–Crippen MR) is 82.9 cm³/mol. The van der Waals surface area contributed by atoms with Crippen molar-refractivity contribution in [3.05, 3.63) is 40.9 Å². The van der Waals surface area contributed by atoms with E-state index in [9.17, 15) is 4.79 Å². The highest BCUT2D eigenvalue weighted by atomic mass is 79.9. The highest BCUT2D eigenvalue weighted by molar-refractivity contribution is 9.10. The number of ether oxygens (including phenoxy) is 1. The molecule has 0 aliphatic rings. The van der Waals surface area contributed by atoms with Gasteiger partial charge in [-0.05, 0) is 40.0 Å². The summed E-state index contributed by atoms with van der Waals surface area (Å²) >= 11 is 3.43. The Bertz CT molecular complexity index is 462. The minimum absolute atomic E-state index is 0.0193. The fraction of sp³-hybridized carbons (Fsp3) is 0.400. The Labute approximate surface area is 128 Å². The van der Waals surface area contributed by atoms with Crippen LogP contribution in [0.3, 0.4) is 0 Å². The summed E-state index contributed by atoms with van der Waals surface area (Å²) in [6.07, 6.45) is 2.73.